The van der Waals surface area contributed by atoms with Gasteiger partial charge in [0.15, 0.2) is 0 Å². The van der Waals surface area contributed by atoms with Crippen LogP contribution in [0.15, 0.2) is 18.2 Å². The third kappa shape index (κ3) is 3.10. The molecular formula is C8H10BClO4. The molecule has 0 unspecified atom stereocenters. The Labute approximate surface area is 87.2 Å². The van der Waals surface area contributed by atoms with E-state index in [-0.39, 0.29) is 5.75 Å². The Bertz CT molecular complexity index is 305. The van der Waals surface area contributed by atoms with Crippen LogP contribution in [0.1, 0.15) is 6.92 Å². The first-order valence-electron chi connectivity index (χ1n) is 4.08. The molecule has 6 heteroatoms. The summed E-state index contributed by atoms with van der Waals surface area (Å²) in [5.74, 6) is 0.808. The molecule has 2 N–H and O–H groups in total. The SMILES string of the molecule is CCOc1ccc(OB(O)O)cc1Cl. The highest BCUT2D eigenvalue weighted by Gasteiger charge is 2.12. The highest BCUT2D eigenvalue weighted by atomic mass is 35.5. The molecule has 0 atom stereocenters. The molecule has 0 radical (unpaired) electrons. The van der Waals surface area contributed by atoms with Crippen molar-refractivity contribution in [2.24, 2.45) is 0 Å². The van der Waals surface area contributed by atoms with E-state index >= 15 is 0 Å². The van der Waals surface area contributed by atoms with Crippen molar-refractivity contribution in [1.82, 2.24) is 0 Å². The summed E-state index contributed by atoms with van der Waals surface area (Å²) >= 11 is 5.82. The zero-order chi connectivity index (χ0) is 10.6. The lowest BCUT2D eigenvalue weighted by Gasteiger charge is -2.08. The average molecular weight is 216 g/mol. The van der Waals surface area contributed by atoms with Gasteiger partial charge in [0.2, 0.25) is 0 Å². The molecule has 1 aromatic carbocycles. The molecule has 0 heterocycles. The molecule has 14 heavy (non-hydrogen) atoms. The third-order valence-corrected chi connectivity index (χ3v) is 1.74. The highest BCUT2D eigenvalue weighted by Crippen LogP contribution is 2.28. The van der Waals surface area contributed by atoms with E-state index in [0.717, 1.165) is 0 Å². The fraction of sp³-hybridized carbons (Fsp3) is 0.250. The van der Waals surface area contributed by atoms with Crippen molar-refractivity contribution < 1.29 is 19.4 Å². The topological polar surface area (TPSA) is 58.9 Å². The summed E-state index contributed by atoms with van der Waals surface area (Å²) in [6.07, 6.45) is 0. The summed E-state index contributed by atoms with van der Waals surface area (Å²) in [6, 6.07) is 4.59. The van der Waals surface area contributed by atoms with Gasteiger partial charge in [-0.25, -0.2) is 0 Å². The van der Waals surface area contributed by atoms with Gasteiger partial charge in [-0.3, -0.25) is 0 Å². The van der Waals surface area contributed by atoms with E-state index in [4.69, 9.17) is 26.4 Å². The minimum atomic E-state index is -1.84. The average Bonchev–Trinajstić information content (AvgIpc) is 2.09. The normalized spacial score (nSPS) is 9.71. The number of ether oxygens (including phenoxy) is 1. The van der Waals surface area contributed by atoms with Crippen LogP contribution in [0.2, 0.25) is 5.02 Å². The Kier molecular flexibility index (Phi) is 4.07. The van der Waals surface area contributed by atoms with E-state index in [9.17, 15) is 0 Å². The predicted octanol–water partition coefficient (Wildman–Crippen LogP) is 1.09. The van der Waals surface area contributed by atoms with Gasteiger partial charge in [-0.2, -0.15) is 0 Å². The van der Waals surface area contributed by atoms with Crippen molar-refractivity contribution in [3.63, 3.8) is 0 Å². The summed E-state index contributed by atoms with van der Waals surface area (Å²) in [6.45, 7) is 2.36. The lowest BCUT2D eigenvalue weighted by atomic mass is 10.2. The molecule has 0 aliphatic heterocycles. The minimum absolute atomic E-state index is 0.272. The largest absolute Gasteiger partial charge is 0.707 e. The maximum atomic E-state index is 8.53. The maximum absolute atomic E-state index is 8.53. The van der Waals surface area contributed by atoms with Gasteiger partial charge in [0.1, 0.15) is 11.5 Å². The van der Waals surface area contributed by atoms with Crippen molar-refractivity contribution >= 4 is 18.9 Å². The van der Waals surface area contributed by atoms with E-state index in [1.165, 1.54) is 12.1 Å². The Morgan fingerprint density at radius 1 is 1.43 bits per heavy atom. The molecule has 0 saturated carbocycles. The summed E-state index contributed by atoms with van der Waals surface area (Å²) in [5, 5.41) is 17.4. The van der Waals surface area contributed by atoms with Gasteiger partial charge < -0.3 is 19.4 Å². The predicted molar refractivity (Wildman–Crippen MR) is 53.4 cm³/mol. The third-order valence-electron chi connectivity index (χ3n) is 1.44. The van der Waals surface area contributed by atoms with Crippen molar-refractivity contribution in [2.75, 3.05) is 6.61 Å². The van der Waals surface area contributed by atoms with Crippen LogP contribution in [0.25, 0.3) is 0 Å². The van der Waals surface area contributed by atoms with Crippen molar-refractivity contribution in [3.05, 3.63) is 23.2 Å². The van der Waals surface area contributed by atoms with Gasteiger partial charge in [-0.15, -0.1) is 0 Å². The molecule has 76 valence electrons. The first kappa shape index (κ1) is 11.2. The highest BCUT2D eigenvalue weighted by molar-refractivity contribution is 6.34. The number of benzene rings is 1. The fourth-order valence-electron chi connectivity index (χ4n) is 0.949. The fourth-order valence-corrected chi connectivity index (χ4v) is 1.17. The first-order chi connectivity index (χ1) is 6.63. The molecule has 1 rings (SSSR count). The molecule has 1 aromatic rings. The Morgan fingerprint density at radius 2 is 2.14 bits per heavy atom. The van der Waals surface area contributed by atoms with Crippen LogP contribution in [0.4, 0.5) is 0 Å². The van der Waals surface area contributed by atoms with Crippen molar-refractivity contribution in [1.29, 1.82) is 0 Å². The molecule has 0 aliphatic carbocycles. The van der Waals surface area contributed by atoms with Crippen molar-refractivity contribution in [3.8, 4) is 11.5 Å². The van der Waals surface area contributed by atoms with Gasteiger partial charge in [-0.05, 0) is 19.1 Å². The second kappa shape index (κ2) is 5.09. The van der Waals surface area contributed by atoms with Gasteiger partial charge in [0, 0.05) is 6.07 Å². The smallest absolute Gasteiger partial charge is 0.512 e. The summed E-state index contributed by atoms with van der Waals surface area (Å²) in [5.41, 5.74) is 0. The van der Waals surface area contributed by atoms with Gasteiger partial charge in [-0.1, -0.05) is 11.6 Å². The Balaban J connectivity index is 2.78. The van der Waals surface area contributed by atoms with Crippen LogP contribution in [-0.4, -0.2) is 24.0 Å². The quantitative estimate of drug-likeness (QED) is 0.740. The van der Waals surface area contributed by atoms with E-state index < -0.39 is 7.32 Å². The van der Waals surface area contributed by atoms with E-state index in [0.29, 0.717) is 17.4 Å². The number of hydrogen-bond acceptors (Lipinski definition) is 4. The van der Waals surface area contributed by atoms with Gasteiger partial charge in [0.05, 0.1) is 11.6 Å². The maximum Gasteiger partial charge on any atom is 0.707 e. The van der Waals surface area contributed by atoms with Crippen LogP contribution in [0, 0.1) is 0 Å². The zero-order valence-electron chi connectivity index (χ0n) is 7.61. The van der Waals surface area contributed by atoms with Gasteiger partial charge in [0.25, 0.3) is 0 Å². The number of rotatable bonds is 4. The molecule has 0 amide bonds. The van der Waals surface area contributed by atoms with Gasteiger partial charge >= 0.3 is 7.32 Å². The molecule has 4 nitrogen and oxygen atoms in total. The van der Waals surface area contributed by atoms with E-state index in [1.54, 1.807) is 6.07 Å². The van der Waals surface area contributed by atoms with Crippen molar-refractivity contribution in [2.45, 2.75) is 6.92 Å². The Hall–Kier alpha value is -0.905. The molecule has 0 spiro atoms. The number of halogens is 1. The molecule has 0 aromatic heterocycles. The summed E-state index contributed by atoms with van der Waals surface area (Å²) < 4.78 is 9.78. The summed E-state index contributed by atoms with van der Waals surface area (Å²) in [4.78, 5) is 0. The Morgan fingerprint density at radius 3 is 2.64 bits per heavy atom. The standard InChI is InChI=1S/C8H10BClO4/c1-2-13-8-4-3-6(5-7(8)10)14-9(11)12/h3-5,11-12H,2H2,1H3. The molecule has 0 fully saturated rings. The monoisotopic (exact) mass is 216 g/mol. The molecular weight excluding hydrogens is 206 g/mol. The molecule has 0 saturated heterocycles. The number of hydrogen-bond donors (Lipinski definition) is 2. The van der Waals surface area contributed by atoms with Crippen LogP contribution in [0.3, 0.4) is 0 Å². The van der Waals surface area contributed by atoms with Crippen LogP contribution < -0.4 is 9.39 Å². The summed E-state index contributed by atoms with van der Waals surface area (Å²) in [7, 11) is -1.84. The van der Waals surface area contributed by atoms with Crippen LogP contribution in [0.5, 0.6) is 11.5 Å². The van der Waals surface area contributed by atoms with E-state index in [2.05, 4.69) is 4.65 Å². The second-order valence-electron chi connectivity index (χ2n) is 2.47. The zero-order valence-corrected chi connectivity index (χ0v) is 8.36. The lowest BCUT2D eigenvalue weighted by molar-refractivity contribution is 0.287. The van der Waals surface area contributed by atoms with Crippen LogP contribution in [-0.2, 0) is 0 Å². The lowest BCUT2D eigenvalue weighted by Crippen LogP contribution is -2.20. The molecule has 0 bridgehead atoms. The molecule has 0 aliphatic rings. The second-order valence-corrected chi connectivity index (χ2v) is 2.88. The minimum Gasteiger partial charge on any atom is -0.512 e. The van der Waals surface area contributed by atoms with E-state index in [1.807, 2.05) is 6.92 Å². The first-order valence-corrected chi connectivity index (χ1v) is 4.46. The van der Waals surface area contributed by atoms with Crippen LogP contribution >= 0.6 is 11.6 Å².